The molecule has 3 N–H and O–H groups in total. The number of hydroxylamine groups is 1. The van der Waals surface area contributed by atoms with E-state index in [0.29, 0.717) is 6.61 Å². The van der Waals surface area contributed by atoms with Crippen molar-refractivity contribution in [3.05, 3.63) is 0 Å². The Kier molecular flexibility index (Phi) is 20.8. The maximum Gasteiger partial charge on any atom is 0.0431 e. The minimum absolute atomic E-state index is 0.362. The fourth-order valence-electron chi connectivity index (χ4n) is 2.97. The summed E-state index contributed by atoms with van der Waals surface area (Å²) >= 11 is 0. The first kappa shape index (κ1) is 21.9. The van der Waals surface area contributed by atoms with Crippen molar-refractivity contribution in [2.45, 2.75) is 109 Å². The van der Waals surface area contributed by atoms with Crippen molar-refractivity contribution in [2.75, 3.05) is 13.2 Å². The number of aliphatic hydroxyl groups excluding tert-OH is 1. The van der Waals surface area contributed by atoms with Gasteiger partial charge in [-0.05, 0) is 12.8 Å². The van der Waals surface area contributed by atoms with E-state index in [4.69, 9.17) is 10.3 Å². The SMILES string of the molecule is OCCCCCCCCCCCCCCCCCCCNO. The van der Waals surface area contributed by atoms with E-state index < -0.39 is 0 Å². The van der Waals surface area contributed by atoms with Gasteiger partial charge in [-0.25, -0.2) is 5.48 Å². The van der Waals surface area contributed by atoms with Gasteiger partial charge in [0.05, 0.1) is 0 Å². The fraction of sp³-hybridized carbons (Fsp3) is 1.00. The van der Waals surface area contributed by atoms with Crippen molar-refractivity contribution in [2.24, 2.45) is 0 Å². The molecule has 0 spiro atoms. The maximum absolute atomic E-state index is 8.69. The van der Waals surface area contributed by atoms with Crippen LogP contribution in [-0.4, -0.2) is 23.5 Å². The van der Waals surface area contributed by atoms with Gasteiger partial charge in [0.15, 0.2) is 0 Å². The molecule has 0 heterocycles. The molecule has 0 aromatic carbocycles. The summed E-state index contributed by atoms with van der Waals surface area (Å²) in [5.41, 5.74) is 2.21. The summed E-state index contributed by atoms with van der Waals surface area (Å²) in [5.74, 6) is 0. The van der Waals surface area contributed by atoms with Crippen LogP contribution < -0.4 is 5.48 Å². The van der Waals surface area contributed by atoms with Gasteiger partial charge in [-0.1, -0.05) is 96.3 Å². The second kappa shape index (κ2) is 20.9. The molecule has 0 rings (SSSR count). The van der Waals surface area contributed by atoms with Gasteiger partial charge >= 0.3 is 0 Å². The Balaban J connectivity index is 2.91. The normalized spacial score (nSPS) is 11.2. The van der Waals surface area contributed by atoms with Gasteiger partial charge in [-0.15, -0.1) is 0 Å². The lowest BCUT2D eigenvalue weighted by molar-refractivity contribution is 0.164. The van der Waals surface area contributed by atoms with Crippen LogP contribution in [0.25, 0.3) is 0 Å². The fourth-order valence-corrected chi connectivity index (χ4v) is 2.97. The van der Waals surface area contributed by atoms with E-state index in [1.165, 1.54) is 96.3 Å². The molecule has 0 bridgehead atoms. The summed E-state index contributed by atoms with van der Waals surface area (Å²) in [4.78, 5) is 0. The van der Waals surface area contributed by atoms with E-state index in [0.717, 1.165) is 19.4 Å². The quantitative estimate of drug-likeness (QED) is 0.215. The highest BCUT2D eigenvalue weighted by Gasteiger charge is 1.94. The third-order valence-electron chi connectivity index (χ3n) is 4.45. The van der Waals surface area contributed by atoms with E-state index in [1.54, 1.807) is 0 Å². The number of hydrogen-bond acceptors (Lipinski definition) is 3. The topological polar surface area (TPSA) is 52.5 Å². The van der Waals surface area contributed by atoms with Gasteiger partial charge in [0.25, 0.3) is 0 Å². The zero-order chi connectivity index (χ0) is 16.1. The van der Waals surface area contributed by atoms with Gasteiger partial charge < -0.3 is 10.3 Å². The third kappa shape index (κ3) is 19.9. The molecule has 0 aromatic rings. The molecule has 134 valence electrons. The molecule has 0 saturated heterocycles. The molecule has 0 unspecified atom stereocenters. The highest BCUT2D eigenvalue weighted by atomic mass is 16.5. The monoisotopic (exact) mass is 315 g/mol. The van der Waals surface area contributed by atoms with Gasteiger partial charge in [0, 0.05) is 13.2 Å². The third-order valence-corrected chi connectivity index (χ3v) is 4.45. The number of nitrogens with one attached hydrogen (secondary N) is 1. The van der Waals surface area contributed by atoms with Crippen LogP contribution in [0.3, 0.4) is 0 Å². The lowest BCUT2D eigenvalue weighted by Gasteiger charge is -2.03. The zero-order valence-electron chi connectivity index (χ0n) is 14.8. The highest BCUT2D eigenvalue weighted by molar-refractivity contribution is 4.50. The van der Waals surface area contributed by atoms with Crippen LogP contribution in [0.4, 0.5) is 0 Å². The van der Waals surface area contributed by atoms with Crippen molar-refractivity contribution < 1.29 is 10.3 Å². The van der Waals surface area contributed by atoms with Crippen LogP contribution >= 0.6 is 0 Å². The van der Waals surface area contributed by atoms with Gasteiger partial charge in [0.1, 0.15) is 0 Å². The lowest BCUT2D eigenvalue weighted by atomic mass is 10.0. The molecular formula is C19H41NO2. The molecule has 0 aromatic heterocycles. The van der Waals surface area contributed by atoms with Crippen molar-refractivity contribution >= 4 is 0 Å². The standard InChI is InChI=1S/C19H41NO2/c21-19-17-15-13-11-9-7-5-3-1-2-4-6-8-10-12-14-16-18-20-22/h20-22H,1-19H2. The summed E-state index contributed by atoms with van der Waals surface area (Å²) < 4.78 is 0. The molecule has 0 atom stereocenters. The molecule has 3 heteroatoms. The Morgan fingerprint density at radius 2 is 0.682 bits per heavy atom. The first-order valence-corrected chi connectivity index (χ1v) is 9.89. The molecule has 0 aliphatic carbocycles. The van der Waals surface area contributed by atoms with Gasteiger partial charge in [-0.2, -0.15) is 0 Å². The van der Waals surface area contributed by atoms with Gasteiger partial charge in [0.2, 0.25) is 0 Å². The van der Waals surface area contributed by atoms with E-state index >= 15 is 0 Å². The van der Waals surface area contributed by atoms with Crippen LogP contribution in [-0.2, 0) is 0 Å². The Hall–Kier alpha value is -0.120. The summed E-state index contributed by atoms with van der Waals surface area (Å²) in [5, 5.41) is 17.1. The van der Waals surface area contributed by atoms with Crippen molar-refractivity contribution in [1.82, 2.24) is 5.48 Å². The summed E-state index contributed by atoms with van der Waals surface area (Å²) in [6, 6.07) is 0. The lowest BCUT2D eigenvalue weighted by Crippen LogP contribution is -2.07. The molecule has 0 aliphatic rings. The number of aliphatic hydroxyl groups is 1. The second-order valence-electron chi connectivity index (χ2n) is 6.64. The summed E-state index contributed by atoms with van der Waals surface area (Å²) in [7, 11) is 0. The minimum atomic E-state index is 0.362. The Labute approximate surface area is 138 Å². The van der Waals surface area contributed by atoms with Crippen molar-refractivity contribution in [1.29, 1.82) is 0 Å². The van der Waals surface area contributed by atoms with E-state index in [1.807, 2.05) is 0 Å². The Morgan fingerprint density at radius 1 is 0.409 bits per heavy atom. The largest absolute Gasteiger partial charge is 0.396 e. The highest BCUT2D eigenvalue weighted by Crippen LogP contribution is 2.13. The van der Waals surface area contributed by atoms with E-state index in [9.17, 15) is 0 Å². The smallest absolute Gasteiger partial charge is 0.0431 e. The molecule has 0 radical (unpaired) electrons. The van der Waals surface area contributed by atoms with E-state index in [-0.39, 0.29) is 0 Å². The average molecular weight is 316 g/mol. The number of unbranched alkanes of at least 4 members (excludes halogenated alkanes) is 16. The number of rotatable bonds is 19. The van der Waals surface area contributed by atoms with Crippen LogP contribution in [0.5, 0.6) is 0 Å². The molecule has 22 heavy (non-hydrogen) atoms. The summed E-state index contributed by atoms with van der Waals surface area (Å²) in [6.07, 6.45) is 22.6. The molecule has 3 nitrogen and oxygen atoms in total. The van der Waals surface area contributed by atoms with Crippen LogP contribution in [0, 0.1) is 0 Å². The zero-order valence-corrected chi connectivity index (χ0v) is 14.8. The molecular weight excluding hydrogens is 274 g/mol. The predicted octanol–water partition coefficient (Wildman–Crippen LogP) is 5.59. The Bertz CT molecular complexity index is 168. The summed E-state index contributed by atoms with van der Waals surface area (Å²) in [6.45, 7) is 1.10. The molecule has 0 amide bonds. The predicted molar refractivity (Wildman–Crippen MR) is 95.4 cm³/mol. The van der Waals surface area contributed by atoms with Crippen molar-refractivity contribution in [3.8, 4) is 0 Å². The molecule has 0 fully saturated rings. The minimum Gasteiger partial charge on any atom is -0.396 e. The van der Waals surface area contributed by atoms with Crippen LogP contribution in [0.1, 0.15) is 109 Å². The van der Waals surface area contributed by atoms with Gasteiger partial charge in [-0.3, -0.25) is 0 Å². The molecule has 0 saturated carbocycles. The maximum atomic E-state index is 8.69. The Morgan fingerprint density at radius 3 is 0.955 bits per heavy atom. The van der Waals surface area contributed by atoms with Crippen molar-refractivity contribution in [3.63, 3.8) is 0 Å². The molecule has 0 aliphatic heterocycles. The first-order chi connectivity index (χ1) is 10.9. The van der Waals surface area contributed by atoms with Crippen LogP contribution in [0.2, 0.25) is 0 Å². The van der Waals surface area contributed by atoms with Crippen LogP contribution in [0.15, 0.2) is 0 Å². The van der Waals surface area contributed by atoms with E-state index in [2.05, 4.69) is 5.48 Å². The first-order valence-electron chi connectivity index (χ1n) is 9.89. The number of hydrogen-bond donors (Lipinski definition) is 3. The average Bonchev–Trinajstić information content (AvgIpc) is 2.54. The second-order valence-corrected chi connectivity index (χ2v) is 6.64.